The molecule has 0 saturated carbocycles. The molecule has 0 fully saturated rings. The van der Waals surface area contributed by atoms with Crippen molar-refractivity contribution in [1.29, 1.82) is 0 Å². The largest absolute Gasteiger partial charge is 0.464 e. The van der Waals surface area contributed by atoms with E-state index in [-0.39, 0.29) is 12.6 Å². The molecule has 0 atom stereocenters. The summed E-state index contributed by atoms with van der Waals surface area (Å²) in [6.45, 7) is 6.60. The lowest BCUT2D eigenvalue weighted by Gasteiger charge is -2.04. The lowest BCUT2D eigenvalue weighted by Crippen LogP contribution is -2.13. The van der Waals surface area contributed by atoms with Crippen molar-refractivity contribution in [2.24, 2.45) is 0 Å². The van der Waals surface area contributed by atoms with Crippen LogP contribution in [0, 0.1) is 0 Å². The minimum absolute atomic E-state index is 0.0288. The van der Waals surface area contributed by atoms with E-state index in [1.165, 1.54) is 19.3 Å². The molecule has 0 spiro atoms. The van der Waals surface area contributed by atoms with Crippen molar-refractivity contribution < 1.29 is 14.3 Å². The van der Waals surface area contributed by atoms with Gasteiger partial charge in [0.15, 0.2) is 0 Å². The first-order valence-corrected chi connectivity index (χ1v) is 5.65. The summed E-state index contributed by atoms with van der Waals surface area (Å²) in [5.41, 5.74) is 0. The Hall–Kier alpha value is -0.830. The highest BCUT2D eigenvalue weighted by Gasteiger charge is 2.01. The molecule has 0 radical (unpaired) electrons. The molecule has 0 N–H and O–H groups in total. The van der Waals surface area contributed by atoms with Gasteiger partial charge in [-0.2, -0.15) is 0 Å². The molecule has 0 unspecified atom stereocenters. The first-order valence-electron chi connectivity index (χ1n) is 5.65. The molecule has 0 aliphatic rings. The Morgan fingerprint density at radius 2 is 2.00 bits per heavy atom. The van der Waals surface area contributed by atoms with Crippen LogP contribution in [0.3, 0.4) is 0 Å². The second-order valence-corrected chi connectivity index (χ2v) is 3.44. The van der Waals surface area contributed by atoms with Gasteiger partial charge in [-0.3, -0.25) is 0 Å². The highest BCUT2D eigenvalue weighted by Crippen LogP contribution is 2.02. The summed E-state index contributed by atoms with van der Waals surface area (Å²) in [6, 6.07) is 0. The van der Waals surface area contributed by atoms with Crippen molar-refractivity contribution in [1.82, 2.24) is 0 Å². The van der Waals surface area contributed by atoms with Gasteiger partial charge in [0.2, 0.25) is 0 Å². The molecule has 0 rings (SSSR count). The quantitative estimate of drug-likeness (QED) is 0.318. The number of carbonyl (C=O) groups is 1. The molecule has 0 amide bonds. The minimum Gasteiger partial charge on any atom is -0.464 e. The van der Waals surface area contributed by atoms with Crippen molar-refractivity contribution >= 4 is 5.97 Å². The highest BCUT2D eigenvalue weighted by molar-refractivity contribution is 5.70. The van der Waals surface area contributed by atoms with Gasteiger partial charge in [0, 0.05) is 0 Å². The van der Waals surface area contributed by atoms with Crippen molar-refractivity contribution in [3.8, 4) is 0 Å². The first kappa shape index (κ1) is 14.2. The van der Waals surface area contributed by atoms with E-state index in [1.54, 1.807) is 6.08 Å². The summed E-state index contributed by atoms with van der Waals surface area (Å²) in [6.07, 6.45) is 7.41. The molecule has 0 heterocycles. The molecule has 3 nitrogen and oxygen atoms in total. The minimum atomic E-state index is -0.285. The fourth-order valence-electron chi connectivity index (χ4n) is 1.16. The monoisotopic (exact) mass is 214 g/mol. The summed E-state index contributed by atoms with van der Waals surface area (Å²) in [5, 5.41) is 0. The second kappa shape index (κ2) is 11.2. The van der Waals surface area contributed by atoms with E-state index < -0.39 is 0 Å². The Morgan fingerprint density at radius 3 is 2.67 bits per heavy atom. The van der Waals surface area contributed by atoms with Gasteiger partial charge in [-0.25, -0.2) is 4.79 Å². The van der Waals surface area contributed by atoms with E-state index in [0.29, 0.717) is 13.2 Å². The third-order valence-electron chi connectivity index (χ3n) is 1.97. The van der Waals surface area contributed by atoms with Gasteiger partial charge >= 0.3 is 5.97 Å². The summed E-state index contributed by atoms with van der Waals surface area (Å²) in [5.74, 6) is -0.285. The van der Waals surface area contributed by atoms with Gasteiger partial charge in [-0.05, 0) is 6.42 Å². The molecule has 0 aromatic heterocycles. The predicted octanol–water partition coefficient (Wildman–Crippen LogP) is 2.70. The average molecular weight is 214 g/mol. The molecule has 3 heteroatoms. The maximum atomic E-state index is 11.0. The Labute approximate surface area is 92.5 Å². The fourth-order valence-corrected chi connectivity index (χ4v) is 1.16. The van der Waals surface area contributed by atoms with E-state index in [9.17, 15) is 4.79 Å². The van der Waals surface area contributed by atoms with Crippen LogP contribution >= 0.6 is 0 Å². The van der Waals surface area contributed by atoms with Crippen LogP contribution in [0.15, 0.2) is 12.7 Å². The molecular formula is C12H22O3. The average Bonchev–Trinajstić information content (AvgIpc) is 2.23. The Balaban J connectivity index is 3.13. The van der Waals surface area contributed by atoms with Gasteiger partial charge in [-0.1, -0.05) is 38.7 Å². The molecule has 0 bridgehead atoms. The van der Waals surface area contributed by atoms with Gasteiger partial charge in [0.05, 0.1) is 13.2 Å². The van der Waals surface area contributed by atoms with Crippen LogP contribution in [-0.4, -0.2) is 25.8 Å². The molecule has 0 aliphatic carbocycles. The van der Waals surface area contributed by atoms with Crippen LogP contribution in [0.25, 0.3) is 0 Å². The smallest absolute Gasteiger partial charge is 0.332 e. The van der Waals surface area contributed by atoms with Crippen molar-refractivity contribution in [2.75, 3.05) is 19.8 Å². The second-order valence-electron chi connectivity index (χ2n) is 3.44. The number of rotatable bonds is 10. The maximum Gasteiger partial charge on any atom is 0.332 e. The molecule has 88 valence electrons. The van der Waals surface area contributed by atoms with Crippen LogP contribution in [-0.2, 0) is 14.3 Å². The van der Waals surface area contributed by atoms with Crippen LogP contribution in [0.2, 0.25) is 0 Å². The summed E-state index contributed by atoms with van der Waals surface area (Å²) in [7, 11) is 0. The molecule has 0 saturated heterocycles. The maximum absolute atomic E-state index is 11.0. The van der Waals surface area contributed by atoms with Crippen molar-refractivity contribution in [3.63, 3.8) is 0 Å². The summed E-state index contributed by atoms with van der Waals surface area (Å²) in [4.78, 5) is 11.0. The molecule has 15 heavy (non-hydrogen) atoms. The van der Waals surface area contributed by atoms with Gasteiger partial charge in [0.1, 0.15) is 6.61 Å². The fraction of sp³-hybridized carbons (Fsp3) is 0.750. The highest BCUT2D eigenvalue weighted by atomic mass is 16.6. The SMILES string of the molecule is C=CCOCC(=O)OCCCCCCC. The number of carbonyl (C=O) groups excluding carboxylic acids is 1. The first-order chi connectivity index (χ1) is 7.31. The molecule has 0 aromatic rings. The van der Waals surface area contributed by atoms with E-state index in [1.807, 2.05) is 0 Å². The Morgan fingerprint density at radius 1 is 1.27 bits per heavy atom. The summed E-state index contributed by atoms with van der Waals surface area (Å²) >= 11 is 0. The zero-order valence-corrected chi connectivity index (χ0v) is 9.67. The van der Waals surface area contributed by atoms with Crippen molar-refractivity contribution in [3.05, 3.63) is 12.7 Å². The third kappa shape index (κ3) is 11.1. The number of hydrogen-bond acceptors (Lipinski definition) is 3. The molecule has 0 aromatic carbocycles. The molecule has 0 aliphatic heterocycles. The zero-order valence-electron chi connectivity index (χ0n) is 9.67. The van der Waals surface area contributed by atoms with Crippen LogP contribution in [0.1, 0.15) is 39.0 Å². The predicted molar refractivity (Wildman–Crippen MR) is 60.7 cm³/mol. The zero-order chi connectivity index (χ0) is 11.4. The van der Waals surface area contributed by atoms with E-state index in [2.05, 4.69) is 13.5 Å². The number of hydrogen-bond donors (Lipinski definition) is 0. The van der Waals surface area contributed by atoms with E-state index in [0.717, 1.165) is 12.8 Å². The molecular weight excluding hydrogens is 192 g/mol. The van der Waals surface area contributed by atoms with Gasteiger partial charge in [-0.15, -0.1) is 6.58 Å². The van der Waals surface area contributed by atoms with Gasteiger partial charge < -0.3 is 9.47 Å². The summed E-state index contributed by atoms with van der Waals surface area (Å²) < 4.78 is 9.92. The Bertz CT molecular complexity index is 166. The van der Waals surface area contributed by atoms with Crippen LogP contribution < -0.4 is 0 Å². The van der Waals surface area contributed by atoms with Crippen molar-refractivity contribution in [2.45, 2.75) is 39.0 Å². The normalized spacial score (nSPS) is 9.93. The number of esters is 1. The number of ether oxygens (including phenoxy) is 2. The number of unbranched alkanes of at least 4 members (excludes halogenated alkanes) is 4. The standard InChI is InChI=1S/C12H22O3/c1-3-5-6-7-8-10-15-12(13)11-14-9-4-2/h4H,2-3,5-11H2,1H3. The topological polar surface area (TPSA) is 35.5 Å². The van der Waals surface area contributed by atoms with Crippen LogP contribution in [0.4, 0.5) is 0 Å². The lowest BCUT2D eigenvalue weighted by molar-refractivity contribution is -0.148. The van der Waals surface area contributed by atoms with Gasteiger partial charge in [0.25, 0.3) is 0 Å². The lowest BCUT2D eigenvalue weighted by atomic mass is 10.2. The Kier molecular flexibility index (Phi) is 10.6. The third-order valence-corrected chi connectivity index (χ3v) is 1.97. The van der Waals surface area contributed by atoms with Crippen LogP contribution in [0.5, 0.6) is 0 Å². The van der Waals surface area contributed by atoms with E-state index >= 15 is 0 Å². The van der Waals surface area contributed by atoms with E-state index in [4.69, 9.17) is 9.47 Å².